The van der Waals surface area contributed by atoms with Gasteiger partial charge in [0.1, 0.15) is 5.69 Å². The van der Waals surface area contributed by atoms with Gasteiger partial charge < -0.3 is 4.42 Å². The van der Waals surface area contributed by atoms with Crippen molar-refractivity contribution in [3.8, 4) is 0 Å². The molecule has 2 heterocycles. The first-order valence-corrected chi connectivity index (χ1v) is 4.34. The Morgan fingerprint density at radius 1 is 1.50 bits per heavy atom. The third kappa shape index (κ3) is 1.56. The van der Waals surface area contributed by atoms with E-state index in [9.17, 15) is 4.79 Å². The standard InChI is InChI=1S/C9H7ClN2O2/c1-12-5-4-6(11-12)9(13)7-2-3-8(10)14-7/h2-5H,1H3. The van der Waals surface area contributed by atoms with Gasteiger partial charge in [0.05, 0.1) is 0 Å². The van der Waals surface area contributed by atoms with Crippen LogP contribution < -0.4 is 0 Å². The van der Waals surface area contributed by atoms with Crippen molar-refractivity contribution in [3.63, 3.8) is 0 Å². The molecule has 0 aromatic carbocycles. The second-order valence-corrected chi connectivity index (χ2v) is 3.18. The minimum atomic E-state index is -0.266. The number of aryl methyl sites for hydroxylation is 1. The first kappa shape index (κ1) is 9.02. The molecule has 0 saturated heterocycles. The highest BCUT2D eigenvalue weighted by molar-refractivity contribution is 6.29. The summed E-state index contributed by atoms with van der Waals surface area (Å²) in [7, 11) is 1.74. The molecule has 4 nitrogen and oxygen atoms in total. The molecular formula is C9H7ClN2O2. The summed E-state index contributed by atoms with van der Waals surface area (Å²) in [6.45, 7) is 0. The van der Waals surface area contributed by atoms with E-state index in [1.54, 1.807) is 24.0 Å². The lowest BCUT2D eigenvalue weighted by Gasteiger charge is -1.90. The number of hydrogen-bond donors (Lipinski definition) is 0. The molecular weight excluding hydrogens is 204 g/mol. The molecule has 0 N–H and O–H groups in total. The maximum absolute atomic E-state index is 11.6. The van der Waals surface area contributed by atoms with Gasteiger partial charge in [0.25, 0.3) is 0 Å². The number of aromatic nitrogens is 2. The van der Waals surface area contributed by atoms with Gasteiger partial charge in [-0.15, -0.1) is 0 Å². The summed E-state index contributed by atoms with van der Waals surface area (Å²) in [4.78, 5) is 11.6. The van der Waals surface area contributed by atoms with Gasteiger partial charge in [0, 0.05) is 13.2 Å². The molecule has 0 saturated carbocycles. The highest BCUT2D eigenvalue weighted by atomic mass is 35.5. The summed E-state index contributed by atoms with van der Waals surface area (Å²) >= 11 is 5.55. The van der Waals surface area contributed by atoms with E-state index in [4.69, 9.17) is 16.0 Å². The molecule has 14 heavy (non-hydrogen) atoms. The number of carbonyl (C=O) groups excluding carboxylic acids is 1. The quantitative estimate of drug-likeness (QED) is 0.712. The highest BCUT2D eigenvalue weighted by Gasteiger charge is 2.15. The first-order valence-electron chi connectivity index (χ1n) is 3.96. The minimum absolute atomic E-state index is 0.198. The third-order valence-corrected chi connectivity index (χ3v) is 1.95. The number of carbonyl (C=O) groups is 1. The maximum Gasteiger partial charge on any atom is 0.248 e. The average Bonchev–Trinajstić information content (AvgIpc) is 2.73. The van der Waals surface area contributed by atoms with Crippen LogP contribution in [0.5, 0.6) is 0 Å². The lowest BCUT2D eigenvalue weighted by molar-refractivity contribution is 0.100. The number of hydrogen-bond acceptors (Lipinski definition) is 3. The molecule has 0 bridgehead atoms. The van der Waals surface area contributed by atoms with E-state index in [1.807, 2.05) is 0 Å². The highest BCUT2D eigenvalue weighted by Crippen LogP contribution is 2.15. The number of furan rings is 1. The van der Waals surface area contributed by atoms with Crippen LogP contribution in [0.4, 0.5) is 0 Å². The minimum Gasteiger partial charge on any atom is -0.441 e. The molecule has 2 aromatic rings. The fraction of sp³-hybridized carbons (Fsp3) is 0.111. The molecule has 0 spiro atoms. The average molecular weight is 211 g/mol. The largest absolute Gasteiger partial charge is 0.441 e. The van der Waals surface area contributed by atoms with Crippen molar-refractivity contribution < 1.29 is 9.21 Å². The Balaban J connectivity index is 2.33. The van der Waals surface area contributed by atoms with Crippen LogP contribution in [0.15, 0.2) is 28.8 Å². The van der Waals surface area contributed by atoms with Gasteiger partial charge in [-0.25, -0.2) is 0 Å². The van der Waals surface area contributed by atoms with Crippen LogP contribution in [-0.2, 0) is 7.05 Å². The second-order valence-electron chi connectivity index (χ2n) is 2.81. The van der Waals surface area contributed by atoms with Gasteiger partial charge in [-0.3, -0.25) is 9.48 Å². The van der Waals surface area contributed by atoms with Crippen LogP contribution >= 0.6 is 11.6 Å². The van der Waals surface area contributed by atoms with E-state index in [0.29, 0.717) is 5.69 Å². The lowest BCUT2D eigenvalue weighted by Crippen LogP contribution is -2.01. The summed E-state index contributed by atoms with van der Waals surface area (Å²) in [5.74, 6) is -0.0637. The predicted octanol–water partition coefficient (Wildman–Crippen LogP) is 1.90. The summed E-state index contributed by atoms with van der Waals surface area (Å²) in [6, 6.07) is 4.68. The van der Waals surface area contributed by atoms with Crippen LogP contribution in [0.1, 0.15) is 16.2 Å². The molecule has 72 valence electrons. The van der Waals surface area contributed by atoms with Gasteiger partial charge >= 0.3 is 0 Å². The molecule has 0 amide bonds. The SMILES string of the molecule is Cn1ccc(C(=O)c2ccc(Cl)o2)n1. The topological polar surface area (TPSA) is 48.0 Å². The lowest BCUT2D eigenvalue weighted by atomic mass is 10.2. The molecule has 0 aliphatic carbocycles. The fourth-order valence-electron chi connectivity index (χ4n) is 1.10. The molecule has 0 radical (unpaired) electrons. The molecule has 0 unspecified atom stereocenters. The monoisotopic (exact) mass is 210 g/mol. The normalized spacial score (nSPS) is 10.4. The smallest absolute Gasteiger partial charge is 0.248 e. The van der Waals surface area contributed by atoms with Crippen molar-refractivity contribution in [3.05, 3.63) is 41.1 Å². The molecule has 0 aliphatic rings. The van der Waals surface area contributed by atoms with Gasteiger partial charge in [0.15, 0.2) is 11.0 Å². The number of ketones is 1. The van der Waals surface area contributed by atoms with E-state index in [2.05, 4.69) is 5.10 Å². The van der Waals surface area contributed by atoms with Crippen LogP contribution in [0.2, 0.25) is 5.22 Å². The van der Waals surface area contributed by atoms with Crippen molar-refractivity contribution in [2.24, 2.45) is 7.05 Å². The fourth-order valence-corrected chi connectivity index (χ4v) is 1.24. The summed E-state index contributed by atoms with van der Waals surface area (Å²) in [5.41, 5.74) is 0.346. The zero-order chi connectivity index (χ0) is 10.1. The molecule has 2 aromatic heterocycles. The first-order chi connectivity index (χ1) is 6.66. The summed E-state index contributed by atoms with van der Waals surface area (Å²) in [5, 5.41) is 4.16. The van der Waals surface area contributed by atoms with Gasteiger partial charge in [-0.1, -0.05) is 0 Å². The zero-order valence-corrected chi connectivity index (χ0v) is 8.15. The third-order valence-electron chi connectivity index (χ3n) is 1.74. The molecule has 0 fully saturated rings. The van der Waals surface area contributed by atoms with Crippen LogP contribution in [0.3, 0.4) is 0 Å². The van der Waals surface area contributed by atoms with E-state index in [1.165, 1.54) is 12.1 Å². The molecule has 5 heteroatoms. The molecule has 2 rings (SSSR count). The van der Waals surface area contributed by atoms with E-state index in [0.717, 1.165) is 0 Å². The van der Waals surface area contributed by atoms with Gasteiger partial charge in [-0.05, 0) is 29.8 Å². The maximum atomic E-state index is 11.6. The Kier molecular flexibility index (Phi) is 2.13. The Labute approximate surface area is 85.1 Å². The van der Waals surface area contributed by atoms with E-state index in [-0.39, 0.29) is 16.8 Å². The number of rotatable bonds is 2. The van der Waals surface area contributed by atoms with E-state index < -0.39 is 0 Å². The molecule has 0 atom stereocenters. The van der Waals surface area contributed by atoms with E-state index >= 15 is 0 Å². The van der Waals surface area contributed by atoms with Crippen LogP contribution in [0, 0.1) is 0 Å². The van der Waals surface area contributed by atoms with Crippen molar-refractivity contribution in [1.29, 1.82) is 0 Å². The van der Waals surface area contributed by atoms with Crippen molar-refractivity contribution >= 4 is 17.4 Å². The predicted molar refractivity (Wildman–Crippen MR) is 50.4 cm³/mol. The summed E-state index contributed by atoms with van der Waals surface area (Å²) < 4.78 is 6.53. The second kappa shape index (κ2) is 3.31. The van der Waals surface area contributed by atoms with Gasteiger partial charge in [0.2, 0.25) is 5.78 Å². The Morgan fingerprint density at radius 3 is 2.79 bits per heavy atom. The number of halogens is 1. The van der Waals surface area contributed by atoms with Crippen molar-refractivity contribution in [1.82, 2.24) is 9.78 Å². The van der Waals surface area contributed by atoms with Crippen LogP contribution in [0.25, 0.3) is 0 Å². The van der Waals surface area contributed by atoms with Gasteiger partial charge in [-0.2, -0.15) is 5.10 Å². The Bertz CT molecular complexity index is 430. The zero-order valence-electron chi connectivity index (χ0n) is 7.40. The van der Waals surface area contributed by atoms with Crippen molar-refractivity contribution in [2.45, 2.75) is 0 Å². The summed E-state index contributed by atoms with van der Waals surface area (Å²) in [6.07, 6.45) is 1.69. The van der Waals surface area contributed by atoms with Crippen molar-refractivity contribution in [2.75, 3.05) is 0 Å². The Hall–Kier alpha value is -1.55. The number of nitrogens with zero attached hydrogens (tertiary/aromatic N) is 2. The van der Waals surface area contributed by atoms with Crippen LogP contribution in [-0.4, -0.2) is 15.6 Å². The molecule has 0 aliphatic heterocycles. The Morgan fingerprint density at radius 2 is 2.29 bits per heavy atom.